The molecule has 0 spiro atoms. The summed E-state index contributed by atoms with van der Waals surface area (Å²) in [7, 11) is 0. The fourth-order valence-electron chi connectivity index (χ4n) is 3.74. The molecule has 2 heterocycles. The smallest absolute Gasteiger partial charge is 0.227 e. The number of hydrogen-bond donors (Lipinski definition) is 3. The standard InChI is InChI=1S/C21H25BrN8/c1-12(2)30-11-25-18-19(27-17-8-3-14(22)9-13(17)10-23)28-21(29-20(18)30)26-16-6-4-15(24)5-7-16/h3,8-9,11-12,15-16H,4-7,24H2,1-2H3,(H2,26,27,28,29). The highest BCUT2D eigenvalue weighted by molar-refractivity contribution is 9.10. The Morgan fingerprint density at radius 3 is 2.70 bits per heavy atom. The zero-order valence-corrected chi connectivity index (χ0v) is 18.6. The van der Waals surface area contributed by atoms with Gasteiger partial charge in [0, 0.05) is 22.6 Å². The molecule has 4 rings (SSSR count). The lowest BCUT2D eigenvalue weighted by Crippen LogP contribution is -2.33. The van der Waals surface area contributed by atoms with E-state index < -0.39 is 0 Å². The number of aromatic nitrogens is 4. The highest BCUT2D eigenvalue weighted by Crippen LogP contribution is 2.29. The molecule has 1 aliphatic rings. The van der Waals surface area contributed by atoms with Crippen LogP contribution in [-0.2, 0) is 0 Å². The molecule has 2 aromatic heterocycles. The van der Waals surface area contributed by atoms with E-state index in [-0.39, 0.29) is 12.1 Å². The van der Waals surface area contributed by atoms with Crippen molar-refractivity contribution < 1.29 is 0 Å². The second-order valence-corrected chi connectivity index (χ2v) is 8.91. The number of nitrogens with zero attached hydrogens (tertiary/aromatic N) is 5. The van der Waals surface area contributed by atoms with Crippen LogP contribution < -0.4 is 16.4 Å². The number of fused-ring (bicyclic) bond motifs is 1. The van der Waals surface area contributed by atoms with E-state index in [4.69, 9.17) is 15.7 Å². The molecule has 30 heavy (non-hydrogen) atoms. The minimum absolute atomic E-state index is 0.209. The van der Waals surface area contributed by atoms with Gasteiger partial charge in [-0.3, -0.25) is 0 Å². The Morgan fingerprint density at radius 1 is 1.23 bits per heavy atom. The molecule has 9 heteroatoms. The maximum absolute atomic E-state index is 9.52. The third-order valence-corrected chi connectivity index (χ3v) is 5.93. The number of hydrogen-bond acceptors (Lipinski definition) is 7. The Morgan fingerprint density at radius 2 is 2.00 bits per heavy atom. The van der Waals surface area contributed by atoms with E-state index in [1.807, 2.05) is 16.7 Å². The fraction of sp³-hybridized carbons (Fsp3) is 0.429. The third kappa shape index (κ3) is 4.25. The number of halogens is 1. The summed E-state index contributed by atoms with van der Waals surface area (Å²) in [6, 6.07) is 8.53. The molecule has 1 aliphatic carbocycles. The Bertz CT molecular complexity index is 1090. The van der Waals surface area contributed by atoms with Gasteiger partial charge in [0.05, 0.1) is 17.6 Å². The van der Waals surface area contributed by atoms with Crippen LogP contribution in [0, 0.1) is 11.3 Å². The van der Waals surface area contributed by atoms with Crippen molar-refractivity contribution in [3.63, 3.8) is 0 Å². The Hall–Kier alpha value is -2.70. The maximum atomic E-state index is 9.52. The molecule has 0 aliphatic heterocycles. The van der Waals surface area contributed by atoms with Gasteiger partial charge in [-0.15, -0.1) is 0 Å². The number of benzene rings is 1. The first-order valence-corrected chi connectivity index (χ1v) is 11.0. The van der Waals surface area contributed by atoms with Crippen molar-refractivity contribution in [2.24, 2.45) is 5.73 Å². The van der Waals surface area contributed by atoms with Crippen LogP contribution in [0.25, 0.3) is 11.2 Å². The molecule has 1 fully saturated rings. The van der Waals surface area contributed by atoms with Crippen molar-refractivity contribution in [1.29, 1.82) is 5.26 Å². The third-order valence-electron chi connectivity index (χ3n) is 5.44. The van der Waals surface area contributed by atoms with Gasteiger partial charge < -0.3 is 20.9 Å². The van der Waals surface area contributed by atoms with E-state index in [1.54, 1.807) is 12.4 Å². The largest absolute Gasteiger partial charge is 0.351 e. The normalized spacial score (nSPS) is 19.1. The highest BCUT2D eigenvalue weighted by Gasteiger charge is 2.21. The SMILES string of the molecule is CC(C)n1cnc2c(Nc3ccc(Br)cc3C#N)nc(NC3CCC(N)CC3)nc21. The molecule has 8 nitrogen and oxygen atoms in total. The number of rotatable bonds is 5. The van der Waals surface area contributed by atoms with E-state index in [0.29, 0.717) is 34.6 Å². The molecule has 0 unspecified atom stereocenters. The maximum Gasteiger partial charge on any atom is 0.227 e. The summed E-state index contributed by atoms with van der Waals surface area (Å²) in [5.41, 5.74) is 8.67. The second kappa shape index (κ2) is 8.58. The number of nitrogens with one attached hydrogen (secondary N) is 2. The van der Waals surface area contributed by atoms with Gasteiger partial charge in [0.1, 0.15) is 6.07 Å². The predicted molar refractivity (Wildman–Crippen MR) is 122 cm³/mol. The molecule has 0 saturated heterocycles. The van der Waals surface area contributed by atoms with Crippen molar-refractivity contribution in [2.75, 3.05) is 10.6 Å². The minimum Gasteiger partial charge on any atom is -0.351 e. The Kier molecular flexibility index (Phi) is 5.88. The van der Waals surface area contributed by atoms with Crippen LogP contribution in [0.5, 0.6) is 0 Å². The van der Waals surface area contributed by atoms with E-state index in [9.17, 15) is 5.26 Å². The van der Waals surface area contributed by atoms with Crippen LogP contribution in [0.1, 0.15) is 51.1 Å². The van der Waals surface area contributed by atoms with Crippen molar-refractivity contribution in [1.82, 2.24) is 19.5 Å². The minimum atomic E-state index is 0.209. The molecule has 0 amide bonds. The van der Waals surface area contributed by atoms with Gasteiger partial charge in [-0.2, -0.15) is 15.2 Å². The molecule has 4 N–H and O–H groups in total. The lowest BCUT2D eigenvalue weighted by molar-refractivity contribution is 0.410. The van der Waals surface area contributed by atoms with Gasteiger partial charge in [-0.25, -0.2) is 4.98 Å². The molecular weight excluding hydrogens is 444 g/mol. The van der Waals surface area contributed by atoms with Crippen molar-refractivity contribution >= 4 is 44.5 Å². The topological polar surface area (TPSA) is 117 Å². The lowest BCUT2D eigenvalue weighted by Gasteiger charge is -2.27. The summed E-state index contributed by atoms with van der Waals surface area (Å²) < 4.78 is 2.87. The van der Waals surface area contributed by atoms with Crippen LogP contribution in [0.4, 0.5) is 17.5 Å². The van der Waals surface area contributed by atoms with Crippen molar-refractivity contribution in [2.45, 2.75) is 57.7 Å². The van der Waals surface area contributed by atoms with Gasteiger partial charge in [0.15, 0.2) is 17.0 Å². The molecule has 3 aromatic rings. The monoisotopic (exact) mass is 468 g/mol. The first-order chi connectivity index (χ1) is 14.4. The lowest BCUT2D eigenvalue weighted by atomic mass is 9.92. The van der Waals surface area contributed by atoms with Gasteiger partial charge in [-0.1, -0.05) is 15.9 Å². The molecule has 1 aromatic carbocycles. The molecule has 0 radical (unpaired) electrons. The van der Waals surface area contributed by atoms with Crippen LogP contribution in [0.2, 0.25) is 0 Å². The van der Waals surface area contributed by atoms with Crippen LogP contribution >= 0.6 is 15.9 Å². The summed E-state index contributed by atoms with van der Waals surface area (Å²) >= 11 is 3.41. The van der Waals surface area contributed by atoms with Gasteiger partial charge in [-0.05, 0) is 57.7 Å². The number of nitriles is 1. The zero-order chi connectivity index (χ0) is 21.3. The van der Waals surface area contributed by atoms with Crippen LogP contribution in [0.3, 0.4) is 0 Å². The average molecular weight is 469 g/mol. The highest BCUT2D eigenvalue weighted by atomic mass is 79.9. The summed E-state index contributed by atoms with van der Waals surface area (Å²) in [4.78, 5) is 14.0. The van der Waals surface area contributed by atoms with E-state index in [2.05, 4.69) is 51.5 Å². The summed E-state index contributed by atoms with van der Waals surface area (Å²) in [5.74, 6) is 1.14. The molecule has 156 valence electrons. The Labute approximate surface area is 184 Å². The van der Waals surface area contributed by atoms with Crippen LogP contribution in [0.15, 0.2) is 29.0 Å². The number of nitrogens with two attached hydrogens (primary N) is 1. The van der Waals surface area contributed by atoms with Crippen molar-refractivity contribution in [3.05, 3.63) is 34.6 Å². The predicted octanol–water partition coefficient (Wildman–Crippen LogP) is 4.47. The molecule has 1 saturated carbocycles. The first-order valence-electron chi connectivity index (χ1n) is 10.2. The molecule has 0 bridgehead atoms. The molecular formula is C21H25BrN8. The van der Waals surface area contributed by atoms with Crippen molar-refractivity contribution in [3.8, 4) is 6.07 Å². The second-order valence-electron chi connectivity index (χ2n) is 8.00. The van der Waals surface area contributed by atoms with Gasteiger partial charge in [0.2, 0.25) is 5.95 Å². The number of anilines is 3. The first kappa shape index (κ1) is 20.6. The fourth-order valence-corrected chi connectivity index (χ4v) is 4.10. The summed E-state index contributed by atoms with van der Waals surface area (Å²) in [6.07, 6.45) is 5.78. The van der Waals surface area contributed by atoms with Gasteiger partial charge >= 0.3 is 0 Å². The average Bonchev–Trinajstić information content (AvgIpc) is 3.15. The summed E-state index contributed by atoms with van der Waals surface area (Å²) in [6.45, 7) is 4.18. The Balaban J connectivity index is 1.73. The number of imidazole rings is 1. The zero-order valence-electron chi connectivity index (χ0n) is 17.1. The van der Waals surface area contributed by atoms with E-state index >= 15 is 0 Å². The van der Waals surface area contributed by atoms with Gasteiger partial charge in [0.25, 0.3) is 0 Å². The van der Waals surface area contributed by atoms with E-state index in [1.165, 1.54) is 0 Å². The summed E-state index contributed by atoms with van der Waals surface area (Å²) in [5, 5.41) is 16.3. The van der Waals surface area contributed by atoms with E-state index in [0.717, 1.165) is 35.8 Å². The molecule has 0 atom stereocenters. The quantitative estimate of drug-likeness (QED) is 0.505. The van der Waals surface area contributed by atoms with Crippen LogP contribution in [-0.4, -0.2) is 31.6 Å².